The predicted octanol–water partition coefficient (Wildman–Crippen LogP) is -0.717. The van der Waals surface area contributed by atoms with Crippen LogP contribution >= 0.6 is 0 Å². The maximum absolute atomic E-state index is 10.0. The van der Waals surface area contributed by atoms with Crippen LogP contribution in [0.1, 0.15) is 6.92 Å². The molecule has 0 spiro atoms. The Morgan fingerprint density at radius 2 is 2.56 bits per heavy atom. The van der Waals surface area contributed by atoms with Gasteiger partial charge in [-0.2, -0.15) is 0 Å². The van der Waals surface area contributed by atoms with Crippen molar-refractivity contribution in [1.29, 1.82) is 0 Å². The summed E-state index contributed by atoms with van der Waals surface area (Å²) >= 11 is 0. The third-order valence-electron chi connectivity index (χ3n) is 1.37. The van der Waals surface area contributed by atoms with E-state index in [4.69, 9.17) is 0 Å². The van der Waals surface area contributed by atoms with Crippen molar-refractivity contribution in [3.63, 3.8) is 0 Å². The van der Waals surface area contributed by atoms with Crippen LogP contribution in [0.15, 0.2) is 5.70 Å². The van der Waals surface area contributed by atoms with E-state index in [9.17, 15) is 4.79 Å². The van der Waals surface area contributed by atoms with Gasteiger partial charge in [-0.1, -0.05) is 0 Å². The zero-order valence-corrected chi connectivity index (χ0v) is 5.40. The monoisotopic (exact) mass is 126 g/mol. The van der Waals surface area contributed by atoms with Crippen LogP contribution in [0.3, 0.4) is 0 Å². The Labute approximate surface area is 54.1 Å². The van der Waals surface area contributed by atoms with Crippen molar-refractivity contribution in [2.75, 3.05) is 13.1 Å². The lowest BCUT2D eigenvalue weighted by Crippen LogP contribution is -2.45. The zero-order valence-electron chi connectivity index (χ0n) is 5.40. The average molecular weight is 126 g/mol. The van der Waals surface area contributed by atoms with Gasteiger partial charge in [0.15, 0.2) is 0 Å². The summed E-state index contributed by atoms with van der Waals surface area (Å²) < 4.78 is 0. The van der Waals surface area contributed by atoms with Gasteiger partial charge in [-0.3, -0.25) is 0 Å². The summed E-state index contributed by atoms with van der Waals surface area (Å²) in [5, 5.41) is 6.07. The second-order valence-electron chi connectivity index (χ2n) is 2.24. The average Bonchev–Trinajstić information content (AvgIpc) is 1.90. The van der Waals surface area contributed by atoms with Crippen molar-refractivity contribution in [2.24, 2.45) is 0 Å². The van der Waals surface area contributed by atoms with Crippen molar-refractivity contribution in [1.82, 2.24) is 10.6 Å². The maximum atomic E-state index is 10.0. The molecule has 9 heavy (non-hydrogen) atoms. The van der Waals surface area contributed by atoms with Gasteiger partial charge < -0.3 is 10.6 Å². The number of nitrogens with one attached hydrogen (secondary N) is 2. The predicted molar refractivity (Wildman–Crippen MR) is 34.7 cm³/mol. The van der Waals surface area contributed by atoms with E-state index in [1.807, 2.05) is 5.94 Å². The highest BCUT2D eigenvalue weighted by Gasteiger charge is 2.09. The lowest BCUT2D eigenvalue weighted by Gasteiger charge is -2.21. The minimum absolute atomic E-state index is 0.460. The molecule has 0 radical (unpaired) electrons. The summed E-state index contributed by atoms with van der Waals surface area (Å²) in [7, 11) is 0. The molecule has 1 heterocycles. The highest BCUT2D eigenvalue weighted by Crippen LogP contribution is 1.90. The topological polar surface area (TPSA) is 41.1 Å². The van der Waals surface area contributed by atoms with Crippen LogP contribution in [0.2, 0.25) is 0 Å². The fourth-order valence-corrected chi connectivity index (χ4v) is 0.759. The van der Waals surface area contributed by atoms with Gasteiger partial charge in [-0.25, -0.2) is 4.79 Å². The summed E-state index contributed by atoms with van der Waals surface area (Å²) in [6, 6.07) is 0.460. The van der Waals surface area contributed by atoms with Gasteiger partial charge in [-0.15, -0.1) is 0 Å². The molecule has 0 saturated carbocycles. The van der Waals surface area contributed by atoms with Gasteiger partial charge in [0.1, 0.15) is 11.6 Å². The van der Waals surface area contributed by atoms with E-state index in [1.54, 1.807) is 0 Å². The molecular formula is C6H10N2O. The van der Waals surface area contributed by atoms with Gasteiger partial charge in [0.05, 0.1) is 0 Å². The first-order valence-corrected chi connectivity index (χ1v) is 3.04. The number of hydrogen-bond acceptors (Lipinski definition) is 3. The standard InChI is InChI=1S/C6H10N2O/c1-5-2-8-6(4-9)3-7-5/h5,7-8H,2-3H2,1H3. The molecule has 0 amide bonds. The summed E-state index contributed by atoms with van der Waals surface area (Å²) in [5.41, 5.74) is 0.633. The molecule has 1 rings (SSSR count). The van der Waals surface area contributed by atoms with E-state index < -0.39 is 0 Å². The molecule has 3 heteroatoms. The van der Waals surface area contributed by atoms with E-state index in [1.165, 1.54) is 0 Å². The second-order valence-corrected chi connectivity index (χ2v) is 2.24. The van der Waals surface area contributed by atoms with Gasteiger partial charge in [-0.05, 0) is 6.92 Å². The Bertz CT molecular complexity index is 139. The van der Waals surface area contributed by atoms with Gasteiger partial charge >= 0.3 is 0 Å². The maximum Gasteiger partial charge on any atom is 0.146 e. The van der Waals surface area contributed by atoms with E-state index in [2.05, 4.69) is 17.6 Å². The molecule has 3 nitrogen and oxygen atoms in total. The van der Waals surface area contributed by atoms with Crippen molar-refractivity contribution in [3.8, 4) is 0 Å². The smallest absolute Gasteiger partial charge is 0.146 e. The van der Waals surface area contributed by atoms with E-state index in [0.29, 0.717) is 18.3 Å². The summed E-state index contributed by atoms with van der Waals surface area (Å²) in [6.45, 7) is 3.52. The highest BCUT2D eigenvalue weighted by atomic mass is 16.1. The van der Waals surface area contributed by atoms with Gasteiger partial charge in [0, 0.05) is 19.1 Å². The largest absolute Gasteiger partial charge is 0.377 e. The van der Waals surface area contributed by atoms with Crippen molar-refractivity contribution in [3.05, 3.63) is 5.70 Å². The lowest BCUT2D eigenvalue weighted by molar-refractivity contribution is 0.484. The molecule has 1 atom stereocenters. The van der Waals surface area contributed by atoms with Crippen LogP contribution in [0.25, 0.3) is 0 Å². The molecule has 50 valence electrons. The van der Waals surface area contributed by atoms with Gasteiger partial charge in [0.25, 0.3) is 0 Å². The summed E-state index contributed by atoms with van der Waals surface area (Å²) in [6.07, 6.45) is 0. The Kier molecular flexibility index (Phi) is 1.88. The Morgan fingerprint density at radius 1 is 1.78 bits per heavy atom. The van der Waals surface area contributed by atoms with Crippen LogP contribution in [-0.2, 0) is 4.79 Å². The molecule has 0 aromatic rings. The molecule has 1 aliphatic rings. The minimum atomic E-state index is 0.460. The van der Waals surface area contributed by atoms with Crippen LogP contribution in [0.5, 0.6) is 0 Å². The third-order valence-corrected chi connectivity index (χ3v) is 1.37. The first-order valence-electron chi connectivity index (χ1n) is 3.04. The van der Waals surface area contributed by atoms with Crippen molar-refractivity contribution < 1.29 is 4.79 Å². The molecule has 0 aromatic heterocycles. The van der Waals surface area contributed by atoms with Crippen molar-refractivity contribution >= 4 is 5.94 Å². The fraction of sp³-hybridized carbons (Fsp3) is 0.667. The highest BCUT2D eigenvalue weighted by molar-refractivity contribution is 5.52. The molecule has 0 aromatic carbocycles. The number of carbonyl (C=O) groups excluding carboxylic acids is 1. The fourth-order valence-electron chi connectivity index (χ4n) is 0.759. The first kappa shape index (κ1) is 6.33. The normalized spacial score (nSPS) is 26.8. The molecular weight excluding hydrogens is 116 g/mol. The van der Waals surface area contributed by atoms with Crippen molar-refractivity contribution in [2.45, 2.75) is 13.0 Å². The quantitative estimate of drug-likeness (QED) is 0.421. The Morgan fingerprint density at radius 3 is 3.00 bits per heavy atom. The van der Waals surface area contributed by atoms with Gasteiger partial charge in [0.2, 0.25) is 0 Å². The third kappa shape index (κ3) is 1.56. The van der Waals surface area contributed by atoms with Crippen LogP contribution < -0.4 is 10.6 Å². The molecule has 2 N–H and O–H groups in total. The summed E-state index contributed by atoms with van der Waals surface area (Å²) in [4.78, 5) is 10.0. The number of rotatable bonds is 0. The van der Waals surface area contributed by atoms with Crippen LogP contribution in [0, 0.1) is 0 Å². The lowest BCUT2D eigenvalue weighted by atomic mass is 10.2. The SMILES string of the molecule is CC1CNC(=C=O)CN1. The Balaban J connectivity index is 2.44. The second kappa shape index (κ2) is 2.67. The summed E-state index contributed by atoms with van der Waals surface area (Å²) in [5.74, 6) is 1.82. The van der Waals surface area contributed by atoms with E-state index in [-0.39, 0.29) is 0 Å². The first-order chi connectivity index (χ1) is 4.33. The van der Waals surface area contributed by atoms with E-state index in [0.717, 1.165) is 6.54 Å². The molecule has 1 fully saturated rings. The molecule has 1 aliphatic heterocycles. The molecule has 0 aliphatic carbocycles. The van der Waals surface area contributed by atoms with Crippen LogP contribution in [0.4, 0.5) is 0 Å². The van der Waals surface area contributed by atoms with Crippen LogP contribution in [-0.4, -0.2) is 25.1 Å². The molecule has 1 saturated heterocycles. The molecule has 0 bridgehead atoms. The minimum Gasteiger partial charge on any atom is -0.377 e. The molecule has 1 unspecified atom stereocenters. The number of hydrogen-bond donors (Lipinski definition) is 2. The Hall–Kier alpha value is -0.790. The van der Waals surface area contributed by atoms with E-state index >= 15 is 0 Å². The number of piperazine rings is 1. The zero-order chi connectivity index (χ0) is 6.69.